The maximum absolute atomic E-state index is 4.65. The van der Waals surface area contributed by atoms with Crippen molar-refractivity contribution < 1.29 is 0 Å². The number of nitrogens with one attached hydrogen (secondary N) is 1. The van der Waals surface area contributed by atoms with Crippen molar-refractivity contribution in [2.45, 2.75) is 47.1 Å². The molecule has 0 aliphatic carbocycles. The molecule has 2 aromatic heterocycles. The zero-order valence-corrected chi connectivity index (χ0v) is 13.8. The smallest absolute Gasteiger partial charge is 0.210 e. The summed E-state index contributed by atoms with van der Waals surface area (Å²) in [6.45, 7) is 11.9. The second-order valence-corrected chi connectivity index (χ2v) is 6.62. The first-order chi connectivity index (χ1) is 9.49. The molecule has 2 heterocycles. The predicted octanol–water partition coefficient (Wildman–Crippen LogP) is 3.12. The molecule has 0 radical (unpaired) electrons. The predicted molar refractivity (Wildman–Crippen MR) is 84.7 cm³/mol. The van der Waals surface area contributed by atoms with Gasteiger partial charge < -0.3 is 5.32 Å². The van der Waals surface area contributed by atoms with Crippen LogP contribution in [0.15, 0.2) is 11.6 Å². The molecule has 5 heteroatoms. The van der Waals surface area contributed by atoms with Gasteiger partial charge >= 0.3 is 0 Å². The van der Waals surface area contributed by atoms with Gasteiger partial charge in [-0.2, -0.15) is 5.10 Å². The van der Waals surface area contributed by atoms with Gasteiger partial charge in [0.05, 0.1) is 5.69 Å². The number of hydrogen-bond donors (Lipinski definition) is 1. The SMILES string of the molecule is Cc1nn(-c2nccs2)c(C)c1CC(C)CNC(C)C. The van der Waals surface area contributed by atoms with Crippen molar-refractivity contribution in [1.82, 2.24) is 20.1 Å². The average molecular weight is 292 g/mol. The van der Waals surface area contributed by atoms with Gasteiger partial charge in [0.2, 0.25) is 5.13 Å². The van der Waals surface area contributed by atoms with Gasteiger partial charge in [-0.25, -0.2) is 9.67 Å². The molecule has 110 valence electrons. The van der Waals surface area contributed by atoms with Crippen LogP contribution in [0.5, 0.6) is 0 Å². The van der Waals surface area contributed by atoms with Crippen molar-refractivity contribution in [3.05, 3.63) is 28.5 Å². The van der Waals surface area contributed by atoms with E-state index in [9.17, 15) is 0 Å². The molecule has 0 fully saturated rings. The Balaban J connectivity index is 2.13. The molecular formula is C15H24N4S. The van der Waals surface area contributed by atoms with Crippen LogP contribution >= 0.6 is 11.3 Å². The number of aryl methyl sites for hydroxylation is 1. The van der Waals surface area contributed by atoms with Crippen LogP contribution in [0.4, 0.5) is 0 Å². The first kappa shape index (κ1) is 15.2. The highest BCUT2D eigenvalue weighted by Crippen LogP contribution is 2.21. The van der Waals surface area contributed by atoms with Gasteiger partial charge in [0.25, 0.3) is 0 Å². The molecule has 0 aromatic carbocycles. The van der Waals surface area contributed by atoms with Crippen LogP contribution in [0.25, 0.3) is 5.13 Å². The van der Waals surface area contributed by atoms with Crippen molar-refractivity contribution in [2.24, 2.45) is 5.92 Å². The first-order valence-electron chi connectivity index (χ1n) is 7.17. The van der Waals surface area contributed by atoms with E-state index in [0.29, 0.717) is 12.0 Å². The number of rotatable bonds is 6. The van der Waals surface area contributed by atoms with Gasteiger partial charge in [-0.05, 0) is 38.3 Å². The second kappa shape index (κ2) is 6.50. The van der Waals surface area contributed by atoms with Gasteiger partial charge in [-0.15, -0.1) is 11.3 Å². The fraction of sp³-hybridized carbons (Fsp3) is 0.600. The third-order valence-corrected chi connectivity index (χ3v) is 4.22. The lowest BCUT2D eigenvalue weighted by atomic mass is 9.99. The molecule has 0 bridgehead atoms. The van der Waals surface area contributed by atoms with E-state index in [4.69, 9.17) is 0 Å². The van der Waals surface area contributed by atoms with Gasteiger partial charge in [0.1, 0.15) is 0 Å². The van der Waals surface area contributed by atoms with Gasteiger partial charge in [0, 0.05) is 23.3 Å². The molecule has 4 nitrogen and oxygen atoms in total. The lowest BCUT2D eigenvalue weighted by molar-refractivity contribution is 0.474. The Bertz CT molecular complexity index is 542. The zero-order valence-electron chi connectivity index (χ0n) is 13.0. The molecular weight excluding hydrogens is 268 g/mol. The topological polar surface area (TPSA) is 42.7 Å². The number of aromatic nitrogens is 3. The largest absolute Gasteiger partial charge is 0.314 e. The summed E-state index contributed by atoms with van der Waals surface area (Å²) in [5, 5.41) is 11.1. The summed E-state index contributed by atoms with van der Waals surface area (Å²) in [7, 11) is 0. The Morgan fingerprint density at radius 1 is 1.30 bits per heavy atom. The number of nitrogens with zero attached hydrogens (tertiary/aromatic N) is 3. The molecule has 0 saturated heterocycles. The quantitative estimate of drug-likeness (QED) is 0.889. The Hall–Kier alpha value is -1.20. The van der Waals surface area contributed by atoms with E-state index in [2.05, 4.69) is 50.0 Å². The third-order valence-electron chi connectivity index (χ3n) is 3.47. The van der Waals surface area contributed by atoms with Gasteiger partial charge in [-0.3, -0.25) is 0 Å². The van der Waals surface area contributed by atoms with Crippen LogP contribution in [-0.2, 0) is 6.42 Å². The Morgan fingerprint density at radius 3 is 2.65 bits per heavy atom. The van der Waals surface area contributed by atoms with Crippen molar-refractivity contribution in [2.75, 3.05) is 6.54 Å². The summed E-state index contributed by atoms with van der Waals surface area (Å²) >= 11 is 1.62. The van der Waals surface area contributed by atoms with E-state index in [1.807, 2.05) is 16.3 Å². The molecule has 1 unspecified atom stereocenters. The van der Waals surface area contributed by atoms with Crippen molar-refractivity contribution in [1.29, 1.82) is 0 Å². The molecule has 0 saturated carbocycles. The van der Waals surface area contributed by atoms with Crippen molar-refractivity contribution in [3.8, 4) is 5.13 Å². The van der Waals surface area contributed by atoms with Crippen molar-refractivity contribution >= 4 is 11.3 Å². The monoisotopic (exact) mass is 292 g/mol. The van der Waals surface area contributed by atoms with Gasteiger partial charge in [0.15, 0.2) is 0 Å². The normalized spacial score (nSPS) is 13.1. The molecule has 0 amide bonds. The summed E-state index contributed by atoms with van der Waals surface area (Å²) in [5.41, 5.74) is 3.70. The molecule has 0 aliphatic heterocycles. The Labute approximate surface area is 125 Å². The molecule has 20 heavy (non-hydrogen) atoms. The molecule has 1 N–H and O–H groups in total. The lowest BCUT2D eigenvalue weighted by Gasteiger charge is -2.15. The fourth-order valence-electron chi connectivity index (χ4n) is 2.33. The highest BCUT2D eigenvalue weighted by atomic mass is 32.1. The minimum atomic E-state index is 0.540. The molecule has 2 rings (SSSR count). The minimum absolute atomic E-state index is 0.540. The van der Waals surface area contributed by atoms with E-state index in [1.54, 1.807) is 11.3 Å². The van der Waals surface area contributed by atoms with Crippen LogP contribution in [0.2, 0.25) is 0 Å². The molecule has 0 spiro atoms. The standard InChI is InChI=1S/C15H24N4S/c1-10(2)17-9-11(3)8-14-12(4)18-19(13(14)5)15-16-6-7-20-15/h6-7,10-11,17H,8-9H2,1-5H3. The minimum Gasteiger partial charge on any atom is -0.314 e. The summed E-state index contributed by atoms with van der Waals surface area (Å²) in [6, 6.07) is 0.540. The van der Waals surface area contributed by atoms with E-state index < -0.39 is 0 Å². The lowest BCUT2D eigenvalue weighted by Crippen LogP contribution is -2.28. The van der Waals surface area contributed by atoms with Crippen LogP contribution in [0.3, 0.4) is 0 Å². The van der Waals surface area contributed by atoms with Crippen molar-refractivity contribution in [3.63, 3.8) is 0 Å². The van der Waals surface area contributed by atoms with Gasteiger partial charge in [-0.1, -0.05) is 20.8 Å². The summed E-state index contributed by atoms with van der Waals surface area (Å²) in [6.07, 6.45) is 2.88. The summed E-state index contributed by atoms with van der Waals surface area (Å²) in [4.78, 5) is 4.35. The van der Waals surface area contributed by atoms with Crippen LogP contribution < -0.4 is 5.32 Å². The Morgan fingerprint density at radius 2 is 2.05 bits per heavy atom. The van der Waals surface area contributed by atoms with Crippen LogP contribution in [0, 0.1) is 19.8 Å². The van der Waals surface area contributed by atoms with Crippen LogP contribution in [-0.4, -0.2) is 27.4 Å². The second-order valence-electron chi connectivity index (χ2n) is 5.75. The van der Waals surface area contributed by atoms with E-state index >= 15 is 0 Å². The summed E-state index contributed by atoms with van der Waals surface area (Å²) < 4.78 is 1.97. The van der Waals surface area contributed by atoms with E-state index in [-0.39, 0.29) is 0 Å². The molecule has 1 atom stereocenters. The molecule has 0 aliphatic rings. The summed E-state index contributed by atoms with van der Waals surface area (Å²) in [5.74, 6) is 0.601. The van der Waals surface area contributed by atoms with E-state index in [0.717, 1.165) is 23.8 Å². The highest BCUT2D eigenvalue weighted by molar-refractivity contribution is 7.12. The zero-order chi connectivity index (χ0) is 14.7. The maximum Gasteiger partial charge on any atom is 0.210 e. The number of hydrogen-bond acceptors (Lipinski definition) is 4. The highest BCUT2D eigenvalue weighted by Gasteiger charge is 2.16. The Kier molecular flexibility index (Phi) is 4.94. The first-order valence-corrected chi connectivity index (χ1v) is 8.05. The average Bonchev–Trinajstić information content (AvgIpc) is 2.99. The number of thiazole rings is 1. The van der Waals surface area contributed by atoms with Crippen LogP contribution in [0.1, 0.15) is 37.7 Å². The third kappa shape index (κ3) is 3.46. The maximum atomic E-state index is 4.65. The van der Waals surface area contributed by atoms with E-state index in [1.165, 1.54) is 11.3 Å². The molecule has 2 aromatic rings. The fourth-order valence-corrected chi connectivity index (χ4v) is 2.98.